The van der Waals surface area contributed by atoms with Gasteiger partial charge in [0.15, 0.2) is 0 Å². The van der Waals surface area contributed by atoms with Gasteiger partial charge in [0.25, 0.3) is 11.5 Å². The van der Waals surface area contributed by atoms with E-state index in [1.165, 1.54) is 16.0 Å². The highest BCUT2D eigenvalue weighted by atomic mass is 16.2. The fraction of sp³-hybridized carbons (Fsp3) is 0.233. The van der Waals surface area contributed by atoms with Gasteiger partial charge in [0.1, 0.15) is 23.0 Å². The first-order valence-electron chi connectivity index (χ1n) is 12.7. The molecule has 4 heterocycles. The maximum atomic E-state index is 13.6. The molecule has 1 amide bonds. The van der Waals surface area contributed by atoms with Crippen molar-refractivity contribution in [1.82, 2.24) is 18.9 Å². The smallest absolute Gasteiger partial charge is 0.270 e. The Labute approximate surface area is 215 Å². The molecule has 1 saturated heterocycles. The van der Waals surface area contributed by atoms with E-state index >= 15 is 0 Å². The average molecular weight is 493 g/mol. The summed E-state index contributed by atoms with van der Waals surface area (Å²) in [6.07, 6.45) is 1.73. The molecule has 7 heteroatoms. The monoisotopic (exact) mass is 492 g/mol. The molecule has 0 aliphatic carbocycles. The molecule has 0 unspecified atom stereocenters. The summed E-state index contributed by atoms with van der Waals surface area (Å²) in [5, 5.41) is 0.464. The molecule has 2 aromatic carbocycles. The topological polar surface area (TPSA) is 64.0 Å². The van der Waals surface area contributed by atoms with E-state index in [0.717, 1.165) is 18.7 Å². The summed E-state index contributed by atoms with van der Waals surface area (Å²) in [5.41, 5.74) is 4.99. The molecular formula is C30H30N5O2+. The molecule has 0 radical (unpaired) electrons. The van der Waals surface area contributed by atoms with Crippen LogP contribution in [-0.4, -0.2) is 50.9 Å². The molecule has 5 aromatic rings. The van der Waals surface area contributed by atoms with E-state index in [1.54, 1.807) is 21.2 Å². The van der Waals surface area contributed by atoms with Crippen LogP contribution in [0.4, 0.5) is 0 Å². The highest BCUT2D eigenvalue weighted by Gasteiger charge is 2.32. The van der Waals surface area contributed by atoms with Crippen molar-refractivity contribution in [2.24, 2.45) is 7.05 Å². The van der Waals surface area contributed by atoms with Crippen molar-refractivity contribution in [1.29, 1.82) is 0 Å². The van der Waals surface area contributed by atoms with Crippen molar-refractivity contribution in [3.63, 3.8) is 0 Å². The lowest BCUT2D eigenvalue weighted by Gasteiger charge is -2.37. The zero-order chi connectivity index (χ0) is 25.5. The predicted molar refractivity (Wildman–Crippen MR) is 144 cm³/mol. The Hall–Kier alpha value is -4.23. The number of aryl methyl sites for hydroxylation is 2. The van der Waals surface area contributed by atoms with Gasteiger partial charge in [-0.2, -0.15) is 0 Å². The predicted octanol–water partition coefficient (Wildman–Crippen LogP) is 2.62. The van der Waals surface area contributed by atoms with E-state index in [1.807, 2.05) is 43.1 Å². The summed E-state index contributed by atoms with van der Waals surface area (Å²) >= 11 is 0. The van der Waals surface area contributed by atoms with Gasteiger partial charge >= 0.3 is 0 Å². The van der Waals surface area contributed by atoms with Crippen LogP contribution in [0.2, 0.25) is 0 Å². The highest BCUT2D eigenvalue weighted by molar-refractivity contribution is 5.98. The van der Waals surface area contributed by atoms with Gasteiger partial charge in [0.2, 0.25) is 0 Å². The largest absolute Gasteiger partial charge is 0.326 e. The molecule has 0 atom stereocenters. The van der Waals surface area contributed by atoms with E-state index in [0.29, 0.717) is 35.5 Å². The molecule has 37 heavy (non-hydrogen) atoms. The van der Waals surface area contributed by atoms with Crippen LogP contribution in [0.3, 0.4) is 0 Å². The van der Waals surface area contributed by atoms with Gasteiger partial charge in [-0.25, -0.2) is 4.98 Å². The number of nitrogens with zero attached hydrogens (tertiary/aromatic N) is 4. The van der Waals surface area contributed by atoms with Crippen LogP contribution in [0.5, 0.6) is 0 Å². The molecule has 0 saturated carbocycles. The zero-order valence-electron chi connectivity index (χ0n) is 21.1. The summed E-state index contributed by atoms with van der Waals surface area (Å²) in [6, 6.07) is 26.9. The minimum atomic E-state index is -0.152. The number of carbonyl (C=O) groups is 1. The molecule has 0 bridgehead atoms. The number of fused-ring (bicyclic) bond motifs is 2. The molecule has 186 valence electrons. The molecule has 7 nitrogen and oxygen atoms in total. The van der Waals surface area contributed by atoms with Gasteiger partial charge in [0.05, 0.1) is 31.6 Å². The summed E-state index contributed by atoms with van der Waals surface area (Å²) in [6.45, 7) is 4.92. The maximum absolute atomic E-state index is 13.6. The van der Waals surface area contributed by atoms with E-state index in [4.69, 9.17) is 4.98 Å². The van der Waals surface area contributed by atoms with Gasteiger partial charge < -0.3 is 14.4 Å². The van der Waals surface area contributed by atoms with Crippen molar-refractivity contribution < 1.29 is 9.69 Å². The van der Waals surface area contributed by atoms with Crippen molar-refractivity contribution in [3.05, 3.63) is 118 Å². The number of quaternary nitrogens is 1. The van der Waals surface area contributed by atoms with Crippen LogP contribution in [0.1, 0.15) is 33.2 Å². The number of piperazine rings is 1. The Morgan fingerprint density at radius 1 is 0.892 bits per heavy atom. The number of nitrogens with one attached hydrogen (secondary N) is 1. The van der Waals surface area contributed by atoms with Crippen molar-refractivity contribution in [2.45, 2.75) is 13.0 Å². The third-order valence-corrected chi connectivity index (χ3v) is 7.61. The third kappa shape index (κ3) is 4.01. The second-order valence-electron chi connectivity index (χ2n) is 9.83. The van der Waals surface area contributed by atoms with Gasteiger partial charge in [-0.05, 0) is 24.6 Å². The number of amides is 1. The van der Waals surface area contributed by atoms with Crippen LogP contribution in [-0.2, 0) is 7.05 Å². The molecule has 0 spiro atoms. The van der Waals surface area contributed by atoms with Gasteiger partial charge in [0, 0.05) is 24.4 Å². The number of benzene rings is 2. The molecule has 1 aliphatic rings. The highest BCUT2D eigenvalue weighted by Crippen LogP contribution is 2.21. The summed E-state index contributed by atoms with van der Waals surface area (Å²) < 4.78 is 3.32. The van der Waals surface area contributed by atoms with Crippen LogP contribution >= 0.6 is 0 Å². The molecule has 3 aromatic heterocycles. The van der Waals surface area contributed by atoms with Crippen LogP contribution in [0.25, 0.3) is 16.7 Å². The van der Waals surface area contributed by atoms with E-state index < -0.39 is 0 Å². The fourth-order valence-corrected chi connectivity index (χ4v) is 5.64. The first-order valence-corrected chi connectivity index (χ1v) is 12.7. The van der Waals surface area contributed by atoms with E-state index in [2.05, 4.69) is 48.5 Å². The Morgan fingerprint density at radius 3 is 2.14 bits per heavy atom. The Bertz CT molecular complexity index is 1610. The second-order valence-corrected chi connectivity index (χ2v) is 9.83. The minimum absolute atomic E-state index is 0.0549. The van der Waals surface area contributed by atoms with E-state index in [9.17, 15) is 9.59 Å². The quantitative estimate of drug-likeness (QED) is 0.420. The number of carbonyl (C=O) groups excluding carboxylic acids is 1. The van der Waals surface area contributed by atoms with Crippen molar-refractivity contribution in [3.8, 4) is 0 Å². The molecule has 1 N–H and O–H groups in total. The Kier molecular flexibility index (Phi) is 5.85. The van der Waals surface area contributed by atoms with Gasteiger partial charge in [-0.3, -0.25) is 14.0 Å². The normalized spacial score (nSPS) is 14.6. The fourth-order valence-electron chi connectivity index (χ4n) is 5.64. The minimum Gasteiger partial charge on any atom is -0.326 e. The summed E-state index contributed by atoms with van der Waals surface area (Å²) in [5.74, 6) is -0.0549. The Balaban J connectivity index is 1.28. The second kappa shape index (κ2) is 9.33. The number of rotatable bonds is 4. The van der Waals surface area contributed by atoms with Crippen LogP contribution < -0.4 is 10.5 Å². The lowest BCUT2D eigenvalue weighted by Crippen LogP contribution is -3.15. The van der Waals surface area contributed by atoms with Crippen LogP contribution in [0, 0.1) is 6.92 Å². The number of hydrogen-bond acceptors (Lipinski definition) is 3. The first kappa shape index (κ1) is 23.2. The van der Waals surface area contributed by atoms with Crippen molar-refractivity contribution in [2.75, 3.05) is 26.2 Å². The summed E-state index contributed by atoms with van der Waals surface area (Å²) in [7, 11) is 1.82. The van der Waals surface area contributed by atoms with Crippen molar-refractivity contribution >= 4 is 22.6 Å². The lowest BCUT2D eigenvalue weighted by atomic mass is 9.96. The maximum Gasteiger partial charge on any atom is 0.270 e. The number of hydrogen-bond donors (Lipinski definition) is 1. The Morgan fingerprint density at radius 2 is 1.51 bits per heavy atom. The molecular weight excluding hydrogens is 462 g/mol. The first-order chi connectivity index (χ1) is 18.0. The standard InChI is InChI=1S/C30H29N5O2/c1-21-10-9-15-35-27(21)31-28-24(29(35)36)20-25(32(28)2)30(37)34-18-16-33(17-19-34)26(22-11-5-3-6-12-22)23-13-7-4-8-14-23/h3-15,20,26H,16-19H2,1-2H3/p+1. The van der Waals surface area contributed by atoms with Crippen LogP contribution in [0.15, 0.2) is 89.9 Å². The molecule has 6 rings (SSSR count). The number of pyridine rings is 1. The molecule has 1 fully saturated rings. The lowest BCUT2D eigenvalue weighted by molar-refractivity contribution is -0.929. The average Bonchev–Trinajstić information content (AvgIpc) is 3.27. The summed E-state index contributed by atoms with van der Waals surface area (Å²) in [4.78, 5) is 34.9. The SMILES string of the molecule is Cc1cccn2c(=O)c3cc(C(=O)N4CC[NH+](C(c5ccccc5)c5ccccc5)CC4)n(C)c3nc12. The number of aromatic nitrogens is 3. The van der Waals surface area contributed by atoms with E-state index in [-0.39, 0.29) is 17.5 Å². The molecule has 1 aliphatic heterocycles. The zero-order valence-corrected chi connectivity index (χ0v) is 21.1. The van der Waals surface area contributed by atoms with Gasteiger partial charge in [-0.15, -0.1) is 0 Å². The third-order valence-electron chi connectivity index (χ3n) is 7.61. The van der Waals surface area contributed by atoms with Gasteiger partial charge in [-0.1, -0.05) is 66.7 Å².